The third-order valence-electron chi connectivity index (χ3n) is 3.14. The molecule has 0 heterocycles. The Labute approximate surface area is 108 Å². The lowest BCUT2D eigenvalue weighted by Gasteiger charge is -2.01. The van der Waals surface area contributed by atoms with Gasteiger partial charge >= 0.3 is 0 Å². The normalized spacial score (nSPS) is 11.8. The molecule has 0 aliphatic rings. The van der Waals surface area contributed by atoms with Gasteiger partial charge in [0.2, 0.25) is 0 Å². The van der Waals surface area contributed by atoms with E-state index in [9.17, 15) is 0 Å². The molecular formula is C15H31NO. The van der Waals surface area contributed by atoms with E-state index in [0.29, 0.717) is 0 Å². The number of aliphatic imine (C=N–C) groups is 1. The Morgan fingerprint density at radius 1 is 0.824 bits per heavy atom. The Balaban J connectivity index is 3.04. The first kappa shape index (κ1) is 16.5. The van der Waals surface area contributed by atoms with Crippen LogP contribution in [-0.4, -0.2) is 19.6 Å². The Morgan fingerprint density at radius 3 is 1.76 bits per heavy atom. The Bertz CT molecular complexity index is 178. The van der Waals surface area contributed by atoms with Crippen LogP contribution in [0.1, 0.15) is 78.1 Å². The minimum atomic E-state index is 0.806. The molecule has 0 unspecified atom stereocenters. The highest BCUT2D eigenvalue weighted by Gasteiger charge is 1.92. The second-order valence-corrected chi connectivity index (χ2v) is 4.79. The van der Waals surface area contributed by atoms with Gasteiger partial charge in [0, 0.05) is 13.5 Å². The first-order chi connectivity index (χ1) is 8.31. The van der Waals surface area contributed by atoms with Gasteiger partial charge in [0.05, 0.1) is 7.11 Å². The van der Waals surface area contributed by atoms with Crippen molar-refractivity contribution in [3.63, 3.8) is 0 Å². The highest BCUT2D eigenvalue weighted by molar-refractivity contribution is 5.72. The quantitative estimate of drug-likeness (QED) is 0.284. The summed E-state index contributed by atoms with van der Waals surface area (Å²) in [6.45, 7) is 5.11. The van der Waals surface area contributed by atoms with Crippen molar-refractivity contribution >= 4 is 5.90 Å². The van der Waals surface area contributed by atoms with Gasteiger partial charge in [-0.1, -0.05) is 64.7 Å². The van der Waals surface area contributed by atoms with Gasteiger partial charge in [-0.05, 0) is 6.42 Å². The molecule has 0 aliphatic carbocycles. The third-order valence-corrected chi connectivity index (χ3v) is 3.14. The fourth-order valence-electron chi connectivity index (χ4n) is 1.90. The zero-order chi connectivity index (χ0) is 12.8. The highest BCUT2D eigenvalue weighted by atomic mass is 16.5. The zero-order valence-corrected chi connectivity index (χ0v) is 12.1. The van der Waals surface area contributed by atoms with E-state index in [1.807, 2.05) is 6.92 Å². The average Bonchev–Trinajstić information content (AvgIpc) is 2.35. The molecule has 0 radical (unpaired) electrons. The predicted octanol–water partition coefficient (Wildman–Crippen LogP) is 4.97. The fourth-order valence-corrected chi connectivity index (χ4v) is 1.90. The average molecular weight is 241 g/mol. The molecule has 0 saturated carbocycles. The maximum absolute atomic E-state index is 4.99. The lowest BCUT2D eigenvalue weighted by molar-refractivity contribution is 0.397. The number of unbranched alkanes of at least 4 members (excludes halogenated alkanes) is 9. The van der Waals surface area contributed by atoms with Crippen LogP contribution in [0.15, 0.2) is 4.99 Å². The molecule has 0 N–H and O–H groups in total. The van der Waals surface area contributed by atoms with E-state index in [0.717, 1.165) is 12.4 Å². The summed E-state index contributed by atoms with van der Waals surface area (Å²) in [7, 11) is 1.68. The van der Waals surface area contributed by atoms with Gasteiger partial charge in [-0.3, -0.25) is 4.99 Å². The summed E-state index contributed by atoms with van der Waals surface area (Å²) < 4.78 is 4.99. The first-order valence-electron chi connectivity index (χ1n) is 7.36. The van der Waals surface area contributed by atoms with Gasteiger partial charge < -0.3 is 4.74 Å². The predicted molar refractivity (Wildman–Crippen MR) is 76.8 cm³/mol. The number of methoxy groups -OCH3 is 1. The van der Waals surface area contributed by atoms with E-state index >= 15 is 0 Å². The molecule has 0 aromatic carbocycles. The van der Waals surface area contributed by atoms with Crippen LogP contribution in [0.3, 0.4) is 0 Å². The molecule has 0 atom stereocenters. The molecule has 17 heavy (non-hydrogen) atoms. The largest absolute Gasteiger partial charge is 0.484 e. The molecule has 2 heteroatoms. The molecule has 0 fully saturated rings. The van der Waals surface area contributed by atoms with Gasteiger partial charge in [-0.15, -0.1) is 0 Å². The van der Waals surface area contributed by atoms with Gasteiger partial charge in [-0.2, -0.15) is 0 Å². The van der Waals surface area contributed by atoms with Crippen LogP contribution in [0.2, 0.25) is 0 Å². The maximum Gasteiger partial charge on any atom is 0.179 e. The van der Waals surface area contributed by atoms with E-state index < -0.39 is 0 Å². The summed E-state index contributed by atoms with van der Waals surface area (Å²) in [6, 6.07) is 0. The highest BCUT2D eigenvalue weighted by Crippen LogP contribution is 2.10. The summed E-state index contributed by atoms with van der Waals surface area (Å²) in [5, 5.41) is 0. The molecule has 0 bridgehead atoms. The van der Waals surface area contributed by atoms with Crippen molar-refractivity contribution < 1.29 is 4.74 Å². The van der Waals surface area contributed by atoms with E-state index in [-0.39, 0.29) is 0 Å². The molecule has 0 saturated heterocycles. The van der Waals surface area contributed by atoms with Crippen LogP contribution >= 0.6 is 0 Å². The van der Waals surface area contributed by atoms with Crippen LogP contribution in [0.4, 0.5) is 0 Å². The maximum atomic E-state index is 4.99. The Morgan fingerprint density at radius 2 is 1.29 bits per heavy atom. The Hall–Kier alpha value is -0.530. The first-order valence-corrected chi connectivity index (χ1v) is 7.36. The van der Waals surface area contributed by atoms with E-state index in [2.05, 4.69) is 11.9 Å². The van der Waals surface area contributed by atoms with Gasteiger partial charge in [0.1, 0.15) is 0 Å². The van der Waals surface area contributed by atoms with Gasteiger partial charge in [0.15, 0.2) is 5.90 Å². The molecule has 0 aromatic rings. The summed E-state index contributed by atoms with van der Waals surface area (Å²) in [6.07, 6.45) is 13.8. The second-order valence-electron chi connectivity index (χ2n) is 4.79. The van der Waals surface area contributed by atoms with Crippen molar-refractivity contribution in [3.8, 4) is 0 Å². The summed E-state index contributed by atoms with van der Waals surface area (Å²) in [4.78, 5) is 4.30. The SMILES string of the molecule is CCCCCCCCCCCCN=C(C)OC. The third kappa shape index (κ3) is 13.4. The van der Waals surface area contributed by atoms with Crippen molar-refractivity contribution in [1.82, 2.24) is 0 Å². The van der Waals surface area contributed by atoms with E-state index in [1.54, 1.807) is 7.11 Å². The van der Waals surface area contributed by atoms with Crippen LogP contribution in [-0.2, 0) is 4.74 Å². The number of rotatable bonds is 11. The lowest BCUT2D eigenvalue weighted by atomic mass is 10.1. The molecule has 102 valence electrons. The molecule has 0 aromatic heterocycles. The summed E-state index contributed by atoms with van der Waals surface area (Å²) >= 11 is 0. The van der Waals surface area contributed by atoms with Crippen LogP contribution in [0.25, 0.3) is 0 Å². The van der Waals surface area contributed by atoms with Crippen molar-refractivity contribution in [3.05, 3.63) is 0 Å². The van der Waals surface area contributed by atoms with Crippen molar-refractivity contribution in [2.45, 2.75) is 78.1 Å². The zero-order valence-electron chi connectivity index (χ0n) is 12.1. The second kappa shape index (κ2) is 13.5. The fraction of sp³-hybridized carbons (Fsp3) is 0.933. The van der Waals surface area contributed by atoms with Gasteiger partial charge in [0.25, 0.3) is 0 Å². The molecule has 0 aliphatic heterocycles. The van der Waals surface area contributed by atoms with Crippen LogP contribution < -0.4 is 0 Å². The lowest BCUT2D eigenvalue weighted by Crippen LogP contribution is -1.95. The van der Waals surface area contributed by atoms with Crippen LogP contribution in [0, 0.1) is 0 Å². The molecule has 0 spiro atoms. The number of hydrogen-bond donors (Lipinski definition) is 0. The van der Waals surface area contributed by atoms with E-state index in [1.165, 1.54) is 64.2 Å². The molecule has 0 amide bonds. The smallest absolute Gasteiger partial charge is 0.179 e. The summed E-state index contributed by atoms with van der Waals surface area (Å²) in [5.74, 6) is 0.806. The molecule has 0 rings (SSSR count). The number of nitrogens with zero attached hydrogens (tertiary/aromatic N) is 1. The molecule has 2 nitrogen and oxygen atoms in total. The van der Waals surface area contributed by atoms with Crippen molar-refractivity contribution in [1.29, 1.82) is 0 Å². The molecular weight excluding hydrogens is 210 g/mol. The minimum absolute atomic E-state index is 0.806. The number of hydrogen-bond acceptors (Lipinski definition) is 2. The summed E-state index contributed by atoms with van der Waals surface area (Å²) in [5.41, 5.74) is 0. The van der Waals surface area contributed by atoms with Gasteiger partial charge in [-0.25, -0.2) is 0 Å². The minimum Gasteiger partial charge on any atom is -0.484 e. The Kier molecular flexibility index (Phi) is 13.1. The van der Waals surface area contributed by atoms with Crippen LogP contribution in [0.5, 0.6) is 0 Å². The van der Waals surface area contributed by atoms with Crippen molar-refractivity contribution in [2.75, 3.05) is 13.7 Å². The monoisotopic (exact) mass is 241 g/mol. The number of ether oxygens (including phenoxy) is 1. The van der Waals surface area contributed by atoms with E-state index in [4.69, 9.17) is 4.74 Å². The topological polar surface area (TPSA) is 21.6 Å². The van der Waals surface area contributed by atoms with Crippen molar-refractivity contribution in [2.24, 2.45) is 4.99 Å². The standard InChI is InChI=1S/C15H31NO/c1-4-5-6-7-8-9-10-11-12-13-14-16-15(2)17-3/h4-14H2,1-3H3.